The van der Waals surface area contributed by atoms with E-state index >= 15 is 0 Å². The van der Waals surface area contributed by atoms with Crippen LogP contribution in [-0.2, 0) is 0 Å². The fourth-order valence-electron chi connectivity index (χ4n) is 1.70. The summed E-state index contributed by atoms with van der Waals surface area (Å²) in [6.45, 7) is 1.74. The van der Waals surface area contributed by atoms with E-state index in [1.807, 2.05) is 0 Å². The number of halogens is 4. The quantitative estimate of drug-likeness (QED) is 0.520. The molecule has 1 nitrogen and oxygen atoms in total. The zero-order valence-corrected chi connectivity index (χ0v) is 13.0. The molecule has 0 radical (unpaired) electrons. The molecule has 0 heterocycles. The highest BCUT2D eigenvalue weighted by atomic mass is 79.9. The molecule has 0 atom stereocenters. The number of benzene rings is 2. The lowest BCUT2D eigenvalue weighted by Crippen LogP contribution is -2.07. The lowest BCUT2D eigenvalue weighted by Gasteiger charge is -2.08. The van der Waals surface area contributed by atoms with Crippen LogP contribution in [0.1, 0.15) is 21.5 Å². The van der Waals surface area contributed by atoms with Gasteiger partial charge in [-0.05, 0) is 46.6 Å². The van der Waals surface area contributed by atoms with Gasteiger partial charge in [-0.2, -0.15) is 0 Å². The Balaban J connectivity index is 2.56. The van der Waals surface area contributed by atoms with Gasteiger partial charge < -0.3 is 0 Å². The summed E-state index contributed by atoms with van der Waals surface area (Å²) in [5.41, 5.74) is 0.757. The smallest absolute Gasteiger partial charge is 0.196 e. The Morgan fingerprint density at radius 1 is 1.00 bits per heavy atom. The number of carbonyl (C=O) groups excluding carboxylic acids is 1. The van der Waals surface area contributed by atoms with E-state index in [0.29, 0.717) is 11.1 Å². The highest BCUT2D eigenvalue weighted by Crippen LogP contribution is 2.25. The lowest BCUT2D eigenvalue weighted by atomic mass is 9.99. The van der Waals surface area contributed by atoms with Crippen molar-refractivity contribution in [2.75, 3.05) is 0 Å². The number of carbonyl (C=O) groups is 1. The van der Waals surface area contributed by atoms with E-state index < -0.39 is 17.4 Å². The Kier molecular flexibility index (Phi) is 4.16. The first-order chi connectivity index (χ1) is 8.91. The van der Waals surface area contributed by atoms with Gasteiger partial charge in [0.2, 0.25) is 0 Å². The molecule has 2 aromatic carbocycles. The Labute approximate surface area is 125 Å². The van der Waals surface area contributed by atoms with Crippen molar-refractivity contribution < 1.29 is 13.6 Å². The van der Waals surface area contributed by atoms with Crippen LogP contribution >= 0.6 is 31.9 Å². The van der Waals surface area contributed by atoms with Crippen molar-refractivity contribution in [2.24, 2.45) is 0 Å². The number of hydrogen-bond donors (Lipinski definition) is 0. The molecule has 98 valence electrons. The van der Waals surface area contributed by atoms with Crippen molar-refractivity contribution >= 4 is 37.6 Å². The molecule has 19 heavy (non-hydrogen) atoms. The molecular weight excluding hydrogens is 382 g/mol. The summed E-state index contributed by atoms with van der Waals surface area (Å²) in [5.74, 6) is -1.96. The molecule has 0 saturated heterocycles. The average Bonchev–Trinajstić information content (AvgIpc) is 2.36. The van der Waals surface area contributed by atoms with E-state index in [2.05, 4.69) is 31.9 Å². The maximum Gasteiger partial charge on any atom is 0.196 e. The van der Waals surface area contributed by atoms with Crippen molar-refractivity contribution in [3.8, 4) is 0 Å². The van der Waals surface area contributed by atoms with Gasteiger partial charge in [-0.25, -0.2) is 8.78 Å². The van der Waals surface area contributed by atoms with Crippen LogP contribution in [0.15, 0.2) is 39.3 Å². The van der Waals surface area contributed by atoms with Gasteiger partial charge in [0.05, 0.1) is 10.0 Å². The largest absolute Gasteiger partial charge is 0.288 e. The van der Waals surface area contributed by atoms with E-state index in [9.17, 15) is 13.6 Å². The van der Waals surface area contributed by atoms with Crippen LogP contribution in [0.2, 0.25) is 0 Å². The molecule has 0 N–H and O–H groups in total. The Morgan fingerprint density at radius 2 is 1.68 bits per heavy atom. The molecule has 0 aliphatic carbocycles. The van der Waals surface area contributed by atoms with Gasteiger partial charge in [-0.15, -0.1) is 0 Å². The highest BCUT2D eigenvalue weighted by Gasteiger charge is 2.19. The minimum Gasteiger partial charge on any atom is -0.288 e. The topological polar surface area (TPSA) is 17.1 Å². The predicted molar refractivity (Wildman–Crippen MR) is 76.4 cm³/mol. The fraction of sp³-hybridized carbons (Fsp3) is 0.0714. The first-order valence-electron chi connectivity index (χ1n) is 5.36. The normalized spacial score (nSPS) is 10.6. The predicted octanol–water partition coefficient (Wildman–Crippen LogP) is 5.03. The first-order valence-corrected chi connectivity index (χ1v) is 6.94. The summed E-state index contributed by atoms with van der Waals surface area (Å²) >= 11 is 6.18. The average molecular weight is 390 g/mol. The Morgan fingerprint density at radius 3 is 2.37 bits per heavy atom. The van der Waals surface area contributed by atoms with E-state index in [1.54, 1.807) is 25.1 Å². The third-order valence-corrected chi connectivity index (χ3v) is 4.23. The second-order valence-electron chi connectivity index (χ2n) is 3.99. The van der Waals surface area contributed by atoms with Crippen LogP contribution in [0.5, 0.6) is 0 Å². The van der Waals surface area contributed by atoms with Gasteiger partial charge in [0.15, 0.2) is 5.78 Å². The van der Waals surface area contributed by atoms with Gasteiger partial charge in [0, 0.05) is 10.0 Å². The van der Waals surface area contributed by atoms with Gasteiger partial charge in [-0.3, -0.25) is 4.79 Å². The summed E-state index contributed by atoms with van der Waals surface area (Å²) in [4.78, 5) is 12.3. The van der Waals surface area contributed by atoms with Crippen molar-refractivity contribution in [3.63, 3.8) is 0 Å². The molecule has 0 aromatic heterocycles. The van der Waals surface area contributed by atoms with Crippen LogP contribution in [0.25, 0.3) is 0 Å². The minimum absolute atomic E-state index is 0.00693. The lowest BCUT2D eigenvalue weighted by molar-refractivity contribution is 0.103. The van der Waals surface area contributed by atoms with Crippen molar-refractivity contribution in [1.29, 1.82) is 0 Å². The zero-order chi connectivity index (χ0) is 14.2. The van der Waals surface area contributed by atoms with E-state index in [-0.39, 0.29) is 10.0 Å². The van der Waals surface area contributed by atoms with Crippen LogP contribution < -0.4 is 0 Å². The summed E-state index contributed by atoms with van der Waals surface area (Å²) in [6.07, 6.45) is 0. The molecule has 0 amide bonds. The van der Waals surface area contributed by atoms with Gasteiger partial charge in [0.1, 0.15) is 11.6 Å². The third kappa shape index (κ3) is 2.77. The Bertz CT molecular complexity index is 669. The molecule has 2 rings (SSSR count). The number of ketones is 1. The summed E-state index contributed by atoms with van der Waals surface area (Å²) < 4.78 is 27.9. The van der Waals surface area contributed by atoms with E-state index in [4.69, 9.17) is 0 Å². The maximum absolute atomic E-state index is 13.8. The summed E-state index contributed by atoms with van der Waals surface area (Å²) in [5, 5.41) is 0. The Hall–Kier alpha value is -1.07. The maximum atomic E-state index is 13.8. The molecule has 5 heteroatoms. The van der Waals surface area contributed by atoms with Gasteiger partial charge in [0.25, 0.3) is 0 Å². The van der Waals surface area contributed by atoms with E-state index in [0.717, 1.165) is 16.6 Å². The molecule has 0 aliphatic heterocycles. The minimum atomic E-state index is -0.752. The second-order valence-corrected chi connectivity index (χ2v) is 5.70. The molecule has 0 saturated carbocycles. The van der Waals surface area contributed by atoms with Gasteiger partial charge in [-0.1, -0.05) is 28.1 Å². The molecule has 0 fully saturated rings. The SMILES string of the molecule is Cc1c(Br)cccc1C(=O)c1cc(F)c(Br)cc1F. The molecule has 2 aromatic rings. The first kappa shape index (κ1) is 14.3. The summed E-state index contributed by atoms with van der Waals surface area (Å²) in [6, 6.07) is 6.90. The van der Waals surface area contributed by atoms with Gasteiger partial charge >= 0.3 is 0 Å². The van der Waals surface area contributed by atoms with E-state index in [1.165, 1.54) is 0 Å². The number of rotatable bonds is 2. The van der Waals surface area contributed by atoms with Crippen LogP contribution in [0, 0.1) is 18.6 Å². The zero-order valence-electron chi connectivity index (χ0n) is 9.81. The highest BCUT2D eigenvalue weighted by molar-refractivity contribution is 9.10. The second kappa shape index (κ2) is 5.51. The molecule has 0 aliphatic rings. The van der Waals surface area contributed by atoms with Crippen LogP contribution in [0.4, 0.5) is 8.78 Å². The monoisotopic (exact) mass is 388 g/mol. The van der Waals surface area contributed by atoms with Crippen molar-refractivity contribution in [1.82, 2.24) is 0 Å². The molecule has 0 unspecified atom stereocenters. The molecular formula is C14H8Br2F2O. The van der Waals surface area contributed by atoms with Crippen molar-refractivity contribution in [2.45, 2.75) is 6.92 Å². The molecule has 0 bridgehead atoms. The molecule has 0 spiro atoms. The third-order valence-electron chi connectivity index (χ3n) is 2.77. The van der Waals surface area contributed by atoms with Crippen molar-refractivity contribution in [3.05, 3.63) is 67.6 Å². The number of hydrogen-bond acceptors (Lipinski definition) is 1. The summed E-state index contributed by atoms with van der Waals surface area (Å²) in [7, 11) is 0. The van der Waals surface area contributed by atoms with Crippen LogP contribution in [-0.4, -0.2) is 5.78 Å². The fourth-order valence-corrected chi connectivity index (χ4v) is 2.38. The standard InChI is InChI=1S/C14H8Br2F2O/c1-7-8(3-2-4-10(7)15)14(19)9-5-13(18)11(16)6-12(9)17/h2-6H,1H3. The van der Waals surface area contributed by atoms with Crippen LogP contribution in [0.3, 0.4) is 0 Å².